The minimum atomic E-state index is 0.207. The van der Waals surface area contributed by atoms with E-state index in [0.29, 0.717) is 6.01 Å². The van der Waals surface area contributed by atoms with Crippen molar-refractivity contribution < 1.29 is 4.74 Å². The smallest absolute Gasteiger partial charge is 0.335 e. The third-order valence-electron chi connectivity index (χ3n) is 2.11. The molecule has 0 bridgehead atoms. The molecule has 72 valence electrons. The van der Waals surface area contributed by atoms with Crippen LogP contribution in [0.25, 0.3) is 0 Å². The van der Waals surface area contributed by atoms with Crippen LogP contribution in [0.4, 0.5) is 0 Å². The second-order valence-corrected chi connectivity index (χ2v) is 3.17. The number of nitrogens with one attached hydrogen (secondary N) is 1. The van der Waals surface area contributed by atoms with Crippen LogP contribution in [0.15, 0.2) is 0 Å². The molecule has 6 nitrogen and oxygen atoms in total. The van der Waals surface area contributed by atoms with Gasteiger partial charge in [0, 0.05) is 13.6 Å². The van der Waals surface area contributed by atoms with Crippen LogP contribution in [0.1, 0.15) is 12.8 Å². The summed E-state index contributed by atoms with van der Waals surface area (Å²) in [6.45, 7) is 1.96. The molecule has 1 saturated heterocycles. The van der Waals surface area contributed by atoms with Gasteiger partial charge in [-0.3, -0.25) is 0 Å². The summed E-state index contributed by atoms with van der Waals surface area (Å²) in [7, 11) is 1.77. The molecule has 0 aromatic carbocycles. The van der Waals surface area contributed by atoms with Crippen molar-refractivity contribution in [3.63, 3.8) is 0 Å². The number of hydrogen-bond acceptors (Lipinski definition) is 5. The quantitative estimate of drug-likeness (QED) is 0.659. The number of rotatable bonds is 2. The number of tetrazole rings is 1. The highest BCUT2D eigenvalue weighted by atomic mass is 16.5. The van der Waals surface area contributed by atoms with Gasteiger partial charge in [-0.05, 0) is 29.8 Å². The molecule has 1 fully saturated rings. The number of ether oxygens (including phenoxy) is 1. The third kappa shape index (κ3) is 1.95. The van der Waals surface area contributed by atoms with Gasteiger partial charge in [0.1, 0.15) is 6.10 Å². The van der Waals surface area contributed by atoms with Gasteiger partial charge in [-0.25, -0.2) is 0 Å². The Morgan fingerprint density at radius 1 is 1.62 bits per heavy atom. The Hall–Kier alpha value is -1.17. The molecular formula is C7H13N5O. The van der Waals surface area contributed by atoms with Gasteiger partial charge in [-0.1, -0.05) is 5.10 Å². The van der Waals surface area contributed by atoms with Crippen LogP contribution < -0.4 is 10.1 Å². The van der Waals surface area contributed by atoms with Crippen LogP contribution in [0.3, 0.4) is 0 Å². The summed E-state index contributed by atoms with van der Waals surface area (Å²) in [5.41, 5.74) is 0. The Labute approximate surface area is 76.3 Å². The summed E-state index contributed by atoms with van der Waals surface area (Å²) in [6, 6.07) is 0.494. The lowest BCUT2D eigenvalue weighted by Gasteiger charge is -2.22. The molecule has 6 heteroatoms. The van der Waals surface area contributed by atoms with Crippen molar-refractivity contribution in [2.45, 2.75) is 18.9 Å². The monoisotopic (exact) mass is 183 g/mol. The summed E-state index contributed by atoms with van der Waals surface area (Å²) in [5.74, 6) is 0. The van der Waals surface area contributed by atoms with Crippen molar-refractivity contribution >= 4 is 0 Å². The van der Waals surface area contributed by atoms with Crippen LogP contribution >= 0.6 is 0 Å². The summed E-state index contributed by atoms with van der Waals surface area (Å²) in [5, 5.41) is 14.2. The van der Waals surface area contributed by atoms with E-state index in [4.69, 9.17) is 4.74 Å². The fraction of sp³-hybridized carbons (Fsp3) is 0.857. The molecule has 1 aliphatic heterocycles. The zero-order valence-corrected chi connectivity index (χ0v) is 7.60. The molecule has 1 aromatic rings. The Morgan fingerprint density at radius 3 is 3.15 bits per heavy atom. The van der Waals surface area contributed by atoms with E-state index < -0.39 is 0 Å². The number of nitrogens with zero attached hydrogens (tertiary/aromatic N) is 4. The molecule has 1 unspecified atom stereocenters. The van der Waals surface area contributed by atoms with Crippen LogP contribution in [0.5, 0.6) is 6.01 Å². The van der Waals surface area contributed by atoms with E-state index in [0.717, 1.165) is 25.9 Å². The number of hydrogen-bond donors (Lipinski definition) is 1. The number of piperidine rings is 1. The third-order valence-corrected chi connectivity index (χ3v) is 2.11. The zero-order valence-electron chi connectivity index (χ0n) is 7.60. The maximum absolute atomic E-state index is 5.59. The van der Waals surface area contributed by atoms with E-state index in [-0.39, 0.29) is 6.10 Å². The lowest BCUT2D eigenvalue weighted by molar-refractivity contribution is 0.147. The fourth-order valence-electron chi connectivity index (χ4n) is 1.39. The Balaban J connectivity index is 1.93. The zero-order chi connectivity index (χ0) is 9.10. The van der Waals surface area contributed by atoms with E-state index in [1.807, 2.05) is 0 Å². The van der Waals surface area contributed by atoms with E-state index in [1.54, 1.807) is 7.05 Å². The predicted octanol–water partition coefficient (Wildman–Crippen LogP) is -0.659. The van der Waals surface area contributed by atoms with Gasteiger partial charge in [-0.15, -0.1) is 0 Å². The highest BCUT2D eigenvalue weighted by molar-refractivity contribution is 4.88. The topological polar surface area (TPSA) is 64.9 Å². The first kappa shape index (κ1) is 8.43. The van der Waals surface area contributed by atoms with E-state index >= 15 is 0 Å². The second kappa shape index (κ2) is 3.69. The van der Waals surface area contributed by atoms with Gasteiger partial charge in [0.05, 0.1) is 0 Å². The Morgan fingerprint density at radius 2 is 2.54 bits per heavy atom. The molecule has 0 aliphatic carbocycles. The average molecular weight is 183 g/mol. The van der Waals surface area contributed by atoms with Crippen LogP contribution in [-0.4, -0.2) is 39.4 Å². The first-order valence-corrected chi connectivity index (χ1v) is 4.46. The first-order chi connectivity index (χ1) is 6.36. The van der Waals surface area contributed by atoms with Crippen molar-refractivity contribution in [1.82, 2.24) is 25.5 Å². The fourth-order valence-corrected chi connectivity index (χ4v) is 1.39. The highest BCUT2D eigenvalue weighted by Crippen LogP contribution is 2.09. The molecule has 2 heterocycles. The molecule has 0 amide bonds. The average Bonchev–Trinajstić information content (AvgIpc) is 2.54. The molecule has 1 aliphatic rings. The molecule has 2 rings (SSSR count). The molecule has 0 saturated carbocycles. The van der Waals surface area contributed by atoms with Gasteiger partial charge >= 0.3 is 6.01 Å². The van der Waals surface area contributed by atoms with Gasteiger partial charge in [0.15, 0.2) is 0 Å². The largest absolute Gasteiger partial charge is 0.458 e. The minimum absolute atomic E-state index is 0.207. The van der Waals surface area contributed by atoms with Crippen molar-refractivity contribution in [2.24, 2.45) is 7.05 Å². The van der Waals surface area contributed by atoms with E-state index in [1.165, 1.54) is 4.68 Å². The van der Waals surface area contributed by atoms with Crippen molar-refractivity contribution in [2.75, 3.05) is 13.1 Å². The molecule has 1 N–H and O–H groups in total. The summed E-state index contributed by atoms with van der Waals surface area (Å²) in [6.07, 6.45) is 2.42. The summed E-state index contributed by atoms with van der Waals surface area (Å²) >= 11 is 0. The molecule has 1 atom stereocenters. The van der Waals surface area contributed by atoms with E-state index in [9.17, 15) is 0 Å². The van der Waals surface area contributed by atoms with Crippen molar-refractivity contribution in [3.05, 3.63) is 0 Å². The maximum atomic E-state index is 5.59. The molecule has 0 spiro atoms. The Kier molecular flexibility index (Phi) is 2.40. The van der Waals surface area contributed by atoms with Crippen LogP contribution in [-0.2, 0) is 7.05 Å². The highest BCUT2D eigenvalue weighted by Gasteiger charge is 2.16. The first-order valence-electron chi connectivity index (χ1n) is 4.46. The number of aryl methyl sites for hydroxylation is 1. The molecule has 0 radical (unpaired) electrons. The lowest BCUT2D eigenvalue weighted by Crippen LogP contribution is -2.37. The van der Waals surface area contributed by atoms with E-state index in [2.05, 4.69) is 20.8 Å². The van der Waals surface area contributed by atoms with Gasteiger partial charge in [0.2, 0.25) is 0 Å². The number of aromatic nitrogens is 4. The molecular weight excluding hydrogens is 170 g/mol. The SMILES string of the molecule is Cn1nnnc1OC1CCCNC1. The predicted molar refractivity (Wildman–Crippen MR) is 45.3 cm³/mol. The second-order valence-electron chi connectivity index (χ2n) is 3.17. The molecule has 1 aromatic heterocycles. The van der Waals surface area contributed by atoms with Crippen molar-refractivity contribution in [1.29, 1.82) is 0 Å². The minimum Gasteiger partial charge on any atom is -0.458 e. The van der Waals surface area contributed by atoms with Crippen molar-refractivity contribution in [3.8, 4) is 6.01 Å². The van der Waals surface area contributed by atoms with Gasteiger partial charge in [-0.2, -0.15) is 4.68 Å². The normalized spacial score (nSPS) is 23.0. The standard InChI is InChI=1S/C7H13N5O/c1-12-7(9-10-11-12)13-6-3-2-4-8-5-6/h6,8H,2-5H2,1H3. The van der Waals surface area contributed by atoms with Gasteiger partial charge in [0.25, 0.3) is 0 Å². The van der Waals surface area contributed by atoms with Crippen LogP contribution in [0.2, 0.25) is 0 Å². The molecule has 13 heavy (non-hydrogen) atoms. The van der Waals surface area contributed by atoms with Gasteiger partial charge < -0.3 is 10.1 Å². The summed E-state index contributed by atoms with van der Waals surface area (Å²) < 4.78 is 7.13. The summed E-state index contributed by atoms with van der Waals surface area (Å²) in [4.78, 5) is 0. The van der Waals surface area contributed by atoms with Crippen LogP contribution in [0, 0.1) is 0 Å². The Bertz CT molecular complexity index is 268. The maximum Gasteiger partial charge on any atom is 0.335 e. The lowest BCUT2D eigenvalue weighted by atomic mass is 10.1.